The number of hydrogen-bond acceptors (Lipinski definition) is 2. The van der Waals surface area contributed by atoms with E-state index in [0.717, 1.165) is 22.6 Å². The molecule has 0 aromatic heterocycles. The fourth-order valence-corrected chi connectivity index (χ4v) is 2.68. The standard InChI is InChI=1S/C22H22N2O2/c1-26-21-14-12-19(13-15-21)17-24(16-18-8-4-2-5-9-18)22(25)23-20-10-6-3-7-11-20/h2-15H,16-17H2,1H3,(H,23,25). The summed E-state index contributed by atoms with van der Waals surface area (Å²) in [5.41, 5.74) is 2.92. The van der Waals surface area contributed by atoms with E-state index < -0.39 is 0 Å². The second-order valence-electron chi connectivity index (χ2n) is 5.99. The van der Waals surface area contributed by atoms with Crippen molar-refractivity contribution in [1.29, 1.82) is 0 Å². The number of hydrogen-bond donors (Lipinski definition) is 1. The number of rotatable bonds is 6. The molecule has 26 heavy (non-hydrogen) atoms. The summed E-state index contributed by atoms with van der Waals surface area (Å²) in [4.78, 5) is 14.6. The maximum absolute atomic E-state index is 12.8. The predicted molar refractivity (Wildman–Crippen MR) is 104 cm³/mol. The maximum Gasteiger partial charge on any atom is 0.322 e. The molecule has 0 atom stereocenters. The minimum Gasteiger partial charge on any atom is -0.497 e. The van der Waals surface area contributed by atoms with Gasteiger partial charge >= 0.3 is 6.03 Å². The Kier molecular flexibility index (Phi) is 5.88. The molecule has 3 rings (SSSR count). The number of urea groups is 1. The Morgan fingerprint density at radius 3 is 1.92 bits per heavy atom. The first-order valence-electron chi connectivity index (χ1n) is 8.52. The van der Waals surface area contributed by atoms with E-state index in [1.165, 1.54) is 0 Å². The van der Waals surface area contributed by atoms with Gasteiger partial charge in [0, 0.05) is 18.8 Å². The van der Waals surface area contributed by atoms with Crippen LogP contribution in [0, 0.1) is 0 Å². The second kappa shape index (κ2) is 8.72. The molecule has 3 aromatic rings. The Labute approximate surface area is 154 Å². The average Bonchev–Trinajstić information content (AvgIpc) is 2.69. The third-order valence-corrected chi connectivity index (χ3v) is 4.06. The van der Waals surface area contributed by atoms with Gasteiger partial charge in [-0.15, -0.1) is 0 Å². The maximum atomic E-state index is 12.8. The minimum atomic E-state index is -0.129. The zero-order valence-electron chi connectivity index (χ0n) is 14.8. The van der Waals surface area contributed by atoms with Crippen molar-refractivity contribution in [3.8, 4) is 5.75 Å². The van der Waals surface area contributed by atoms with Crippen molar-refractivity contribution in [2.24, 2.45) is 0 Å². The van der Waals surface area contributed by atoms with Crippen molar-refractivity contribution in [3.63, 3.8) is 0 Å². The first-order valence-corrected chi connectivity index (χ1v) is 8.52. The lowest BCUT2D eigenvalue weighted by Gasteiger charge is -2.23. The van der Waals surface area contributed by atoms with Crippen LogP contribution < -0.4 is 10.1 Å². The topological polar surface area (TPSA) is 41.6 Å². The Bertz CT molecular complexity index is 818. The SMILES string of the molecule is COc1ccc(CN(Cc2ccccc2)C(=O)Nc2ccccc2)cc1. The molecule has 2 amide bonds. The molecule has 1 N–H and O–H groups in total. The van der Waals surface area contributed by atoms with Gasteiger partial charge in [0.05, 0.1) is 7.11 Å². The number of carbonyl (C=O) groups excluding carboxylic acids is 1. The first kappa shape index (κ1) is 17.5. The lowest BCUT2D eigenvalue weighted by molar-refractivity contribution is 0.206. The molecule has 0 unspecified atom stereocenters. The highest BCUT2D eigenvalue weighted by molar-refractivity contribution is 5.89. The summed E-state index contributed by atoms with van der Waals surface area (Å²) in [7, 11) is 1.64. The van der Waals surface area contributed by atoms with Gasteiger partial charge in [-0.2, -0.15) is 0 Å². The number of methoxy groups -OCH3 is 1. The summed E-state index contributed by atoms with van der Waals surface area (Å²) in [6, 6.07) is 27.1. The van der Waals surface area contributed by atoms with E-state index in [0.29, 0.717) is 13.1 Å². The van der Waals surface area contributed by atoms with Crippen molar-refractivity contribution >= 4 is 11.7 Å². The summed E-state index contributed by atoms with van der Waals surface area (Å²) in [6.45, 7) is 1.04. The van der Waals surface area contributed by atoms with Gasteiger partial charge in [0.2, 0.25) is 0 Å². The Hall–Kier alpha value is -3.27. The normalized spacial score (nSPS) is 10.2. The van der Waals surface area contributed by atoms with Gasteiger partial charge in [-0.1, -0.05) is 60.7 Å². The monoisotopic (exact) mass is 346 g/mol. The Morgan fingerprint density at radius 2 is 1.35 bits per heavy atom. The molecule has 132 valence electrons. The van der Waals surface area contributed by atoms with E-state index in [9.17, 15) is 4.79 Å². The number of anilines is 1. The van der Waals surface area contributed by atoms with Crippen molar-refractivity contribution in [2.75, 3.05) is 12.4 Å². The molecule has 3 aromatic carbocycles. The molecule has 4 nitrogen and oxygen atoms in total. The largest absolute Gasteiger partial charge is 0.497 e. The van der Waals surface area contributed by atoms with Crippen molar-refractivity contribution in [3.05, 3.63) is 96.1 Å². The zero-order valence-corrected chi connectivity index (χ0v) is 14.8. The summed E-state index contributed by atoms with van der Waals surface area (Å²) in [5, 5.41) is 2.97. The Balaban J connectivity index is 1.77. The van der Waals surface area contributed by atoms with Gasteiger partial charge in [-0.05, 0) is 35.4 Å². The number of benzene rings is 3. The van der Waals surface area contributed by atoms with E-state index in [1.54, 1.807) is 12.0 Å². The molecule has 0 aliphatic carbocycles. The van der Waals surface area contributed by atoms with Gasteiger partial charge in [-0.25, -0.2) is 4.79 Å². The molecule has 4 heteroatoms. The smallest absolute Gasteiger partial charge is 0.322 e. The molecule has 0 aliphatic heterocycles. The Morgan fingerprint density at radius 1 is 0.808 bits per heavy atom. The van der Waals surface area contributed by atoms with E-state index in [1.807, 2.05) is 84.9 Å². The lowest BCUT2D eigenvalue weighted by atomic mass is 10.1. The van der Waals surface area contributed by atoms with Gasteiger partial charge in [0.15, 0.2) is 0 Å². The van der Waals surface area contributed by atoms with Gasteiger partial charge in [-0.3, -0.25) is 0 Å². The van der Waals surface area contributed by atoms with Crippen molar-refractivity contribution in [1.82, 2.24) is 4.90 Å². The summed E-state index contributed by atoms with van der Waals surface area (Å²) in [5.74, 6) is 0.803. The minimum absolute atomic E-state index is 0.129. The van der Waals surface area contributed by atoms with E-state index in [4.69, 9.17) is 4.74 Å². The predicted octanol–water partition coefficient (Wildman–Crippen LogP) is 4.93. The molecule has 0 fully saturated rings. The van der Waals surface area contributed by atoms with Crippen LogP contribution in [0.25, 0.3) is 0 Å². The van der Waals surface area contributed by atoms with Crippen molar-refractivity contribution < 1.29 is 9.53 Å². The van der Waals surface area contributed by atoms with Crippen LogP contribution in [0.3, 0.4) is 0 Å². The van der Waals surface area contributed by atoms with Crippen LogP contribution in [0.2, 0.25) is 0 Å². The molecular formula is C22H22N2O2. The highest BCUT2D eigenvalue weighted by atomic mass is 16.5. The van der Waals surface area contributed by atoms with Crippen LogP contribution >= 0.6 is 0 Å². The van der Waals surface area contributed by atoms with Gasteiger partial charge in [0.1, 0.15) is 5.75 Å². The summed E-state index contributed by atoms with van der Waals surface area (Å²) in [6.07, 6.45) is 0. The third-order valence-electron chi connectivity index (χ3n) is 4.06. The van der Waals surface area contributed by atoms with Crippen LogP contribution in [0.5, 0.6) is 5.75 Å². The van der Waals surface area contributed by atoms with Gasteiger partial charge in [0.25, 0.3) is 0 Å². The van der Waals surface area contributed by atoms with Gasteiger partial charge < -0.3 is 15.0 Å². The molecule has 0 aliphatic rings. The molecule has 0 spiro atoms. The quantitative estimate of drug-likeness (QED) is 0.687. The fraction of sp³-hybridized carbons (Fsp3) is 0.136. The number of nitrogens with zero attached hydrogens (tertiary/aromatic N) is 1. The third kappa shape index (κ3) is 4.86. The zero-order chi connectivity index (χ0) is 18.2. The van der Waals surface area contributed by atoms with E-state index in [-0.39, 0.29) is 6.03 Å². The number of amides is 2. The summed E-state index contributed by atoms with van der Waals surface area (Å²) < 4.78 is 5.20. The van der Waals surface area contributed by atoms with Crippen LogP contribution in [0.1, 0.15) is 11.1 Å². The molecule has 0 radical (unpaired) electrons. The number of para-hydroxylation sites is 1. The molecule has 0 saturated heterocycles. The number of nitrogens with one attached hydrogen (secondary N) is 1. The fourth-order valence-electron chi connectivity index (χ4n) is 2.68. The van der Waals surface area contributed by atoms with Crippen LogP contribution in [-0.2, 0) is 13.1 Å². The number of carbonyl (C=O) groups is 1. The van der Waals surface area contributed by atoms with Crippen LogP contribution in [0.4, 0.5) is 10.5 Å². The summed E-state index contributed by atoms with van der Waals surface area (Å²) >= 11 is 0. The highest BCUT2D eigenvalue weighted by Crippen LogP contribution is 2.16. The van der Waals surface area contributed by atoms with E-state index >= 15 is 0 Å². The van der Waals surface area contributed by atoms with Crippen molar-refractivity contribution in [2.45, 2.75) is 13.1 Å². The number of ether oxygens (including phenoxy) is 1. The molecule has 0 bridgehead atoms. The van der Waals surface area contributed by atoms with E-state index in [2.05, 4.69) is 5.32 Å². The average molecular weight is 346 g/mol. The highest BCUT2D eigenvalue weighted by Gasteiger charge is 2.15. The van der Waals surface area contributed by atoms with Crippen LogP contribution in [-0.4, -0.2) is 18.0 Å². The molecular weight excluding hydrogens is 324 g/mol. The molecule has 0 heterocycles. The lowest BCUT2D eigenvalue weighted by Crippen LogP contribution is -2.34. The molecule has 0 saturated carbocycles. The first-order chi connectivity index (χ1) is 12.7. The van der Waals surface area contributed by atoms with Crippen LogP contribution in [0.15, 0.2) is 84.9 Å². The second-order valence-corrected chi connectivity index (χ2v) is 5.99.